The summed E-state index contributed by atoms with van der Waals surface area (Å²) in [6, 6.07) is 4.65. The van der Waals surface area contributed by atoms with Crippen LogP contribution in [0.25, 0.3) is 0 Å². The third-order valence-electron chi connectivity index (χ3n) is 5.79. The lowest BCUT2D eigenvalue weighted by atomic mass is 9.93. The van der Waals surface area contributed by atoms with Gasteiger partial charge in [-0.1, -0.05) is 5.16 Å². The highest BCUT2D eigenvalue weighted by atomic mass is 32.2. The topological polar surface area (TPSA) is 86.7 Å². The van der Waals surface area contributed by atoms with Crippen molar-refractivity contribution in [3.8, 4) is 11.5 Å². The van der Waals surface area contributed by atoms with Crippen molar-refractivity contribution in [2.75, 3.05) is 32.1 Å². The van der Waals surface area contributed by atoms with Crippen LogP contribution in [0.3, 0.4) is 0 Å². The van der Waals surface area contributed by atoms with E-state index in [-0.39, 0.29) is 23.8 Å². The third-order valence-corrected chi connectivity index (χ3v) is 7.64. The van der Waals surface area contributed by atoms with Crippen LogP contribution in [0.5, 0.6) is 11.5 Å². The first kappa shape index (κ1) is 22.2. The van der Waals surface area contributed by atoms with Gasteiger partial charge in [0.25, 0.3) is 0 Å². The number of halogens is 2. The van der Waals surface area contributed by atoms with Crippen LogP contribution in [0.4, 0.5) is 8.78 Å². The Hall–Kier alpha value is -1.98. The molecule has 2 fully saturated rings. The second kappa shape index (κ2) is 8.87. The van der Waals surface area contributed by atoms with Crippen molar-refractivity contribution in [3.05, 3.63) is 23.8 Å². The molecule has 4 rings (SSSR count). The SMILES string of the molecule is CCS(=O)(=O)N1CCCC(Oc2cc(C3=NOC4(CCOC4)C3)ccc2OC(F)F)C1. The smallest absolute Gasteiger partial charge is 0.387 e. The summed E-state index contributed by atoms with van der Waals surface area (Å²) in [7, 11) is -3.36. The lowest BCUT2D eigenvalue weighted by Gasteiger charge is -2.32. The molecule has 3 heterocycles. The predicted molar refractivity (Wildman–Crippen MR) is 108 cm³/mol. The molecule has 1 aromatic rings. The number of nitrogens with zero attached hydrogens (tertiary/aromatic N) is 2. The van der Waals surface area contributed by atoms with E-state index in [1.807, 2.05) is 0 Å². The van der Waals surface area contributed by atoms with E-state index in [9.17, 15) is 17.2 Å². The van der Waals surface area contributed by atoms with E-state index in [0.717, 1.165) is 6.42 Å². The van der Waals surface area contributed by atoms with Crippen molar-refractivity contribution in [2.45, 2.75) is 50.9 Å². The molecule has 31 heavy (non-hydrogen) atoms. The number of hydrogen-bond donors (Lipinski definition) is 0. The standard InChI is InChI=1S/C20H26F2N2O6S/c1-2-31(25,26)24-8-3-4-15(12-24)28-18-10-14(5-6-17(18)29-19(21)22)16-11-20(30-23-16)7-9-27-13-20/h5-6,10,15,19H,2-4,7-9,11-13H2,1H3. The van der Waals surface area contributed by atoms with Crippen LogP contribution in [0.1, 0.15) is 38.2 Å². The Kier molecular flexibility index (Phi) is 6.36. The minimum absolute atomic E-state index is 0.000235. The summed E-state index contributed by atoms with van der Waals surface area (Å²) < 4.78 is 67.7. The highest BCUT2D eigenvalue weighted by molar-refractivity contribution is 7.89. The van der Waals surface area contributed by atoms with Gasteiger partial charge in [0.2, 0.25) is 10.0 Å². The third kappa shape index (κ3) is 4.93. The van der Waals surface area contributed by atoms with Gasteiger partial charge in [0, 0.05) is 24.9 Å². The molecule has 2 unspecified atom stereocenters. The average Bonchev–Trinajstić information content (AvgIpc) is 3.39. The average molecular weight is 460 g/mol. The van der Waals surface area contributed by atoms with Gasteiger partial charge in [-0.05, 0) is 38.0 Å². The normalized spacial score (nSPS) is 26.8. The fourth-order valence-corrected chi connectivity index (χ4v) is 5.23. The zero-order valence-corrected chi connectivity index (χ0v) is 18.1. The van der Waals surface area contributed by atoms with Gasteiger partial charge in [-0.25, -0.2) is 8.42 Å². The Bertz CT molecular complexity index is 934. The van der Waals surface area contributed by atoms with Crippen LogP contribution in [-0.4, -0.2) is 68.8 Å². The Morgan fingerprint density at radius 2 is 2.19 bits per heavy atom. The first-order valence-electron chi connectivity index (χ1n) is 10.4. The number of ether oxygens (including phenoxy) is 3. The molecule has 0 N–H and O–H groups in total. The van der Waals surface area contributed by atoms with E-state index in [0.29, 0.717) is 50.3 Å². The van der Waals surface area contributed by atoms with Crippen molar-refractivity contribution >= 4 is 15.7 Å². The second-order valence-electron chi connectivity index (χ2n) is 7.97. The zero-order chi connectivity index (χ0) is 22.1. The van der Waals surface area contributed by atoms with E-state index >= 15 is 0 Å². The molecule has 8 nitrogen and oxygen atoms in total. The summed E-state index contributed by atoms with van der Waals surface area (Å²) in [4.78, 5) is 5.61. The Balaban J connectivity index is 1.54. The molecule has 2 saturated heterocycles. The number of hydrogen-bond acceptors (Lipinski definition) is 7. The molecule has 1 aromatic carbocycles. The molecule has 3 aliphatic rings. The summed E-state index contributed by atoms with van der Waals surface area (Å²) in [5.74, 6) is 0.0257. The first-order valence-corrected chi connectivity index (χ1v) is 12.0. The van der Waals surface area contributed by atoms with Gasteiger partial charge < -0.3 is 19.0 Å². The quantitative estimate of drug-likeness (QED) is 0.622. The van der Waals surface area contributed by atoms with Gasteiger partial charge in [0.1, 0.15) is 6.10 Å². The van der Waals surface area contributed by atoms with Crippen LogP contribution in [0.15, 0.2) is 23.4 Å². The van der Waals surface area contributed by atoms with Gasteiger partial charge in [-0.2, -0.15) is 13.1 Å². The fourth-order valence-electron chi connectivity index (χ4n) is 4.07. The van der Waals surface area contributed by atoms with E-state index in [2.05, 4.69) is 9.89 Å². The van der Waals surface area contributed by atoms with Crippen LogP contribution in [0.2, 0.25) is 0 Å². The molecule has 0 aliphatic carbocycles. The van der Waals surface area contributed by atoms with E-state index < -0.39 is 28.3 Å². The summed E-state index contributed by atoms with van der Waals surface area (Å²) in [6.07, 6.45) is 2.05. The van der Waals surface area contributed by atoms with Crippen LogP contribution in [0, 0.1) is 0 Å². The minimum Gasteiger partial charge on any atom is -0.485 e. The number of alkyl halides is 2. The number of piperidine rings is 1. The maximum Gasteiger partial charge on any atom is 0.387 e. The van der Waals surface area contributed by atoms with Crippen molar-refractivity contribution in [1.82, 2.24) is 4.31 Å². The number of benzene rings is 1. The van der Waals surface area contributed by atoms with Crippen LogP contribution in [-0.2, 0) is 19.6 Å². The Morgan fingerprint density at radius 1 is 1.35 bits per heavy atom. The first-order chi connectivity index (χ1) is 14.8. The monoisotopic (exact) mass is 460 g/mol. The zero-order valence-electron chi connectivity index (χ0n) is 17.3. The molecule has 0 aromatic heterocycles. The van der Waals surface area contributed by atoms with Gasteiger partial charge in [-0.15, -0.1) is 0 Å². The van der Waals surface area contributed by atoms with E-state index in [4.69, 9.17) is 14.3 Å². The molecule has 0 saturated carbocycles. The lowest BCUT2D eigenvalue weighted by Crippen LogP contribution is -2.44. The summed E-state index contributed by atoms with van der Waals surface area (Å²) in [5, 5.41) is 4.18. The van der Waals surface area contributed by atoms with E-state index in [1.54, 1.807) is 19.1 Å². The lowest BCUT2D eigenvalue weighted by molar-refractivity contribution is -0.0523. The molecule has 2 atom stereocenters. The van der Waals surface area contributed by atoms with Gasteiger partial charge >= 0.3 is 6.61 Å². The van der Waals surface area contributed by atoms with Crippen molar-refractivity contribution in [3.63, 3.8) is 0 Å². The predicted octanol–water partition coefficient (Wildman–Crippen LogP) is 2.76. The molecule has 1 spiro atoms. The Morgan fingerprint density at radius 3 is 2.90 bits per heavy atom. The van der Waals surface area contributed by atoms with Gasteiger partial charge in [-0.3, -0.25) is 0 Å². The maximum absolute atomic E-state index is 12.9. The van der Waals surface area contributed by atoms with Crippen molar-refractivity contribution < 1.29 is 36.2 Å². The molecule has 3 aliphatic heterocycles. The van der Waals surface area contributed by atoms with Crippen molar-refractivity contribution in [2.24, 2.45) is 5.16 Å². The number of rotatable bonds is 7. The molecule has 0 radical (unpaired) electrons. The van der Waals surface area contributed by atoms with Crippen LogP contribution >= 0.6 is 0 Å². The largest absolute Gasteiger partial charge is 0.485 e. The highest BCUT2D eigenvalue weighted by Gasteiger charge is 2.43. The van der Waals surface area contributed by atoms with Crippen molar-refractivity contribution in [1.29, 1.82) is 0 Å². The summed E-state index contributed by atoms with van der Waals surface area (Å²) in [5.41, 5.74) is 0.888. The molecule has 0 bridgehead atoms. The molecule has 11 heteroatoms. The summed E-state index contributed by atoms with van der Waals surface area (Å²) >= 11 is 0. The number of sulfonamides is 1. The second-order valence-corrected chi connectivity index (χ2v) is 10.2. The van der Waals surface area contributed by atoms with Gasteiger partial charge in [0.05, 0.1) is 31.2 Å². The van der Waals surface area contributed by atoms with E-state index in [1.165, 1.54) is 10.4 Å². The number of oxime groups is 1. The molecular weight excluding hydrogens is 434 g/mol. The molecule has 172 valence electrons. The fraction of sp³-hybridized carbons (Fsp3) is 0.650. The van der Waals surface area contributed by atoms with Gasteiger partial charge in [0.15, 0.2) is 17.1 Å². The highest BCUT2D eigenvalue weighted by Crippen LogP contribution is 2.37. The summed E-state index contributed by atoms with van der Waals surface area (Å²) in [6.45, 7) is 0.234. The Labute approximate surface area is 180 Å². The molecular formula is C20H26F2N2O6S. The maximum atomic E-state index is 12.9. The molecule has 0 amide bonds. The minimum atomic E-state index is -3.36. The van der Waals surface area contributed by atoms with Crippen LogP contribution < -0.4 is 9.47 Å².